The van der Waals surface area contributed by atoms with Gasteiger partial charge in [0, 0.05) is 25.7 Å². The Kier molecular flexibility index (Phi) is 6.08. The van der Waals surface area contributed by atoms with Crippen LogP contribution in [0, 0.1) is 11.8 Å². The first-order valence-electron chi connectivity index (χ1n) is 6.91. The molecule has 2 atom stereocenters. The van der Waals surface area contributed by atoms with Crippen molar-refractivity contribution in [3.05, 3.63) is 0 Å². The lowest BCUT2D eigenvalue weighted by atomic mass is 9.95. The molecule has 1 heterocycles. The van der Waals surface area contributed by atoms with Crippen molar-refractivity contribution >= 4 is 11.9 Å². The number of aliphatic hydroxyl groups is 1. The molecule has 3 amide bonds. The lowest BCUT2D eigenvalue weighted by molar-refractivity contribution is -0.127. The highest BCUT2D eigenvalue weighted by molar-refractivity contribution is 5.80. The minimum Gasteiger partial charge on any atom is -0.396 e. The summed E-state index contributed by atoms with van der Waals surface area (Å²) in [6, 6.07) is -0.491. The van der Waals surface area contributed by atoms with Crippen LogP contribution in [0.15, 0.2) is 0 Å². The molecule has 0 saturated carbocycles. The van der Waals surface area contributed by atoms with Gasteiger partial charge in [-0.05, 0) is 25.2 Å². The molecule has 1 aliphatic rings. The predicted octanol–water partition coefficient (Wildman–Crippen LogP) is 0.300. The normalized spacial score (nSPS) is 21.3. The zero-order chi connectivity index (χ0) is 14.4. The Morgan fingerprint density at radius 1 is 1.47 bits per heavy atom. The summed E-state index contributed by atoms with van der Waals surface area (Å²) in [5, 5.41) is 12.0. The maximum absolute atomic E-state index is 12.2. The van der Waals surface area contributed by atoms with Crippen molar-refractivity contribution in [2.24, 2.45) is 17.6 Å². The predicted molar refractivity (Wildman–Crippen MR) is 72.4 cm³/mol. The van der Waals surface area contributed by atoms with Gasteiger partial charge in [0.15, 0.2) is 0 Å². The number of likely N-dealkylation sites (tertiary alicyclic amines) is 1. The SMILES string of the molecule is CC(C)C(CCO)NC(=O)C1CCCN(C(N)=O)C1. The molecule has 0 aliphatic carbocycles. The van der Waals surface area contributed by atoms with E-state index in [2.05, 4.69) is 5.32 Å². The van der Waals surface area contributed by atoms with Gasteiger partial charge >= 0.3 is 6.03 Å². The van der Waals surface area contributed by atoms with Crippen LogP contribution in [0.2, 0.25) is 0 Å². The average molecular weight is 271 g/mol. The van der Waals surface area contributed by atoms with E-state index >= 15 is 0 Å². The van der Waals surface area contributed by atoms with E-state index < -0.39 is 6.03 Å². The highest BCUT2D eigenvalue weighted by Gasteiger charge is 2.29. The number of nitrogens with two attached hydrogens (primary N) is 1. The second-order valence-corrected chi connectivity index (χ2v) is 5.49. The van der Waals surface area contributed by atoms with E-state index in [0.29, 0.717) is 19.5 Å². The maximum Gasteiger partial charge on any atom is 0.314 e. The van der Waals surface area contributed by atoms with Crippen LogP contribution in [-0.2, 0) is 4.79 Å². The Morgan fingerprint density at radius 3 is 2.68 bits per heavy atom. The number of primary amides is 1. The summed E-state index contributed by atoms with van der Waals surface area (Å²) in [7, 11) is 0. The number of hydrogen-bond acceptors (Lipinski definition) is 3. The van der Waals surface area contributed by atoms with E-state index in [1.54, 1.807) is 0 Å². The molecule has 1 rings (SSSR count). The van der Waals surface area contributed by atoms with Gasteiger partial charge in [-0.15, -0.1) is 0 Å². The molecule has 0 radical (unpaired) electrons. The Morgan fingerprint density at radius 2 is 2.16 bits per heavy atom. The van der Waals surface area contributed by atoms with E-state index in [1.165, 1.54) is 4.90 Å². The van der Waals surface area contributed by atoms with Crippen LogP contribution in [0.4, 0.5) is 4.79 Å². The monoisotopic (exact) mass is 271 g/mol. The molecule has 0 aromatic carbocycles. The molecule has 1 aliphatic heterocycles. The van der Waals surface area contributed by atoms with Crippen molar-refractivity contribution in [1.82, 2.24) is 10.2 Å². The summed E-state index contributed by atoms with van der Waals surface area (Å²) in [5.74, 6) is 0.0335. The van der Waals surface area contributed by atoms with Crippen LogP contribution >= 0.6 is 0 Å². The van der Waals surface area contributed by atoms with Crippen molar-refractivity contribution in [2.75, 3.05) is 19.7 Å². The van der Waals surface area contributed by atoms with Crippen molar-refractivity contribution in [3.63, 3.8) is 0 Å². The van der Waals surface area contributed by atoms with Crippen molar-refractivity contribution in [1.29, 1.82) is 0 Å². The number of urea groups is 1. The Balaban J connectivity index is 2.54. The Hall–Kier alpha value is -1.30. The van der Waals surface area contributed by atoms with Gasteiger partial charge in [-0.3, -0.25) is 4.79 Å². The Bertz CT molecular complexity index is 320. The van der Waals surface area contributed by atoms with Crippen LogP contribution in [-0.4, -0.2) is 47.7 Å². The molecule has 1 fully saturated rings. The number of piperidine rings is 1. The standard InChI is InChI=1S/C13H25N3O3/c1-9(2)11(5-7-17)15-12(18)10-4-3-6-16(8-10)13(14)19/h9-11,17H,3-8H2,1-2H3,(H2,14,19)(H,15,18). The number of carbonyl (C=O) groups excluding carboxylic acids is 2. The van der Waals surface area contributed by atoms with Crippen molar-refractivity contribution in [3.8, 4) is 0 Å². The zero-order valence-electron chi connectivity index (χ0n) is 11.8. The quantitative estimate of drug-likeness (QED) is 0.671. The first-order chi connectivity index (χ1) is 8.95. The van der Waals surface area contributed by atoms with E-state index in [1.807, 2.05) is 13.8 Å². The van der Waals surface area contributed by atoms with Gasteiger partial charge < -0.3 is 21.1 Å². The molecule has 1 saturated heterocycles. The fourth-order valence-electron chi connectivity index (χ4n) is 2.40. The third-order valence-electron chi connectivity index (χ3n) is 3.68. The lowest BCUT2D eigenvalue weighted by Gasteiger charge is -2.32. The number of aliphatic hydroxyl groups excluding tert-OH is 1. The van der Waals surface area contributed by atoms with Gasteiger partial charge in [-0.25, -0.2) is 4.79 Å². The topological polar surface area (TPSA) is 95.7 Å². The van der Waals surface area contributed by atoms with Crippen LogP contribution < -0.4 is 11.1 Å². The lowest BCUT2D eigenvalue weighted by Crippen LogP contribution is -2.50. The molecule has 4 N–H and O–H groups in total. The summed E-state index contributed by atoms with van der Waals surface area (Å²) in [6.07, 6.45) is 2.13. The van der Waals surface area contributed by atoms with Gasteiger partial charge in [-0.1, -0.05) is 13.8 Å². The summed E-state index contributed by atoms with van der Waals surface area (Å²) in [6.45, 7) is 5.10. The number of amides is 3. The van der Waals surface area contributed by atoms with Gasteiger partial charge in [0.25, 0.3) is 0 Å². The van der Waals surface area contributed by atoms with Crippen LogP contribution in [0.5, 0.6) is 0 Å². The van der Waals surface area contributed by atoms with Gasteiger partial charge in [0.1, 0.15) is 0 Å². The minimum atomic E-state index is -0.465. The third-order valence-corrected chi connectivity index (χ3v) is 3.68. The highest BCUT2D eigenvalue weighted by Crippen LogP contribution is 2.17. The molecule has 0 bridgehead atoms. The molecule has 0 aromatic rings. The van der Waals surface area contributed by atoms with E-state index in [4.69, 9.17) is 10.8 Å². The molecule has 19 heavy (non-hydrogen) atoms. The van der Waals surface area contributed by atoms with E-state index in [0.717, 1.165) is 12.8 Å². The first kappa shape index (κ1) is 15.8. The fraction of sp³-hybridized carbons (Fsp3) is 0.846. The second-order valence-electron chi connectivity index (χ2n) is 5.49. The fourth-order valence-corrected chi connectivity index (χ4v) is 2.40. The van der Waals surface area contributed by atoms with Crippen LogP contribution in [0.3, 0.4) is 0 Å². The average Bonchev–Trinajstić information content (AvgIpc) is 2.38. The summed E-state index contributed by atoms with van der Waals surface area (Å²) >= 11 is 0. The van der Waals surface area contributed by atoms with Crippen molar-refractivity contribution in [2.45, 2.75) is 39.2 Å². The number of hydrogen-bond donors (Lipinski definition) is 3. The molecular weight excluding hydrogens is 246 g/mol. The number of nitrogens with zero attached hydrogens (tertiary/aromatic N) is 1. The van der Waals surface area contributed by atoms with E-state index in [9.17, 15) is 9.59 Å². The van der Waals surface area contributed by atoms with Crippen molar-refractivity contribution < 1.29 is 14.7 Å². The molecule has 6 nitrogen and oxygen atoms in total. The molecule has 2 unspecified atom stereocenters. The highest BCUT2D eigenvalue weighted by atomic mass is 16.3. The van der Waals surface area contributed by atoms with Gasteiger partial charge in [-0.2, -0.15) is 0 Å². The molecule has 0 aromatic heterocycles. The van der Waals surface area contributed by atoms with Crippen LogP contribution in [0.25, 0.3) is 0 Å². The number of carbonyl (C=O) groups is 2. The van der Waals surface area contributed by atoms with Gasteiger partial charge in [0.2, 0.25) is 5.91 Å². The van der Waals surface area contributed by atoms with Gasteiger partial charge in [0.05, 0.1) is 5.92 Å². The Labute approximate surface area is 114 Å². The second kappa shape index (κ2) is 7.33. The number of nitrogens with one attached hydrogen (secondary N) is 1. The molecule has 0 spiro atoms. The molecular formula is C13H25N3O3. The molecule has 6 heteroatoms. The molecule has 110 valence electrons. The minimum absolute atomic E-state index is 0.0264. The largest absolute Gasteiger partial charge is 0.396 e. The maximum atomic E-state index is 12.2. The van der Waals surface area contributed by atoms with E-state index in [-0.39, 0.29) is 30.4 Å². The zero-order valence-corrected chi connectivity index (χ0v) is 11.8. The third kappa shape index (κ3) is 4.70. The summed E-state index contributed by atoms with van der Waals surface area (Å²) < 4.78 is 0. The first-order valence-corrected chi connectivity index (χ1v) is 6.91. The van der Waals surface area contributed by atoms with Crippen LogP contribution in [0.1, 0.15) is 33.1 Å². The summed E-state index contributed by atoms with van der Waals surface area (Å²) in [5.41, 5.74) is 5.25. The smallest absolute Gasteiger partial charge is 0.314 e. The number of rotatable bonds is 5. The summed E-state index contributed by atoms with van der Waals surface area (Å²) in [4.78, 5) is 24.8.